The molecule has 1 aromatic heterocycles. The molecule has 0 atom stereocenters. The number of nitrogens with two attached hydrogens (primary N) is 1. The summed E-state index contributed by atoms with van der Waals surface area (Å²) in [6.07, 6.45) is 3.51. The first-order chi connectivity index (χ1) is 12.6. The van der Waals surface area contributed by atoms with E-state index in [0.29, 0.717) is 25.2 Å². The van der Waals surface area contributed by atoms with Crippen LogP contribution in [0, 0.1) is 0 Å². The number of rotatable bonds is 10. The van der Waals surface area contributed by atoms with E-state index in [0.717, 1.165) is 24.8 Å². The molecular formula is C18H24N4O4. The summed E-state index contributed by atoms with van der Waals surface area (Å²) in [5.74, 6) is 0.416. The molecule has 26 heavy (non-hydrogen) atoms. The Balaban J connectivity index is 1.68. The molecule has 3 N–H and O–H groups in total. The van der Waals surface area contributed by atoms with Crippen LogP contribution in [0.4, 0.5) is 4.79 Å². The molecule has 0 radical (unpaired) electrons. The lowest BCUT2D eigenvalue weighted by Crippen LogP contribution is -2.29. The molecule has 0 fully saturated rings. The zero-order chi connectivity index (χ0) is 18.8. The first-order valence-corrected chi connectivity index (χ1v) is 8.69. The SMILES string of the molecule is CCc1ccc(-c2noc(COC(=O)CCCCCNC(N)=O)n2)cc1. The van der Waals surface area contributed by atoms with Crippen molar-refractivity contribution in [3.8, 4) is 11.4 Å². The van der Waals surface area contributed by atoms with Gasteiger partial charge in [-0.3, -0.25) is 4.79 Å². The van der Waals surface area contributed by atoms with E-state index < -0.39 is 6.03 Å². The number of aryl methyl sites for hydroxylation is 1. The Hall–Kier alpha value is -2.90. The van der Waals surface area contributed by atoms with Gasteiger partial charge in [-0.05, 0) is 24.8 Å². The number of benzene rings is 1. The van der Waals surface area contributed by atoms with Crippen molar-refractivity contribution in [2.24, 2.45) is 5.73 Å². The van der Waals surface area contributed by atoms with Crippen LogP contribution < -0.4 is 11.1 Å². The average Bonchev–Trinajstić information content (AvgIpc) is 3.11. The number of esters is 1. The molecule has 0 saturated heterocycles. The summed E-state index contributed by atoms with van der Waals surface area (Å²) in [4.78, 5) is 26.4. The minimum Gasteiger partial charge on any atom is -0.456 e. The minimum absolute atomic E-state index is 0.0396. The van der Waals surface area contributed by atoms with Gasteiger partial charge in [0.1, 0.15) is 0 Å². The molecule has 0 aliphatic rings. The van der Waals surface area contributed by atoms with Crippen molar-refractivity contribution in [3.63, 3.8) is 0 Å². The lowest BCUT2D eigenvalue weighted by atomic mass is 10.1. The highest BCUT2D eigenvalue weighted by molar-refractivity contribution is 5.71. The Morgan fingerprint density at radius 2 is 1.96 bits per heavy atom. The van der Waals surface area contributed by atoms with E-state index in [1.54, 1.807) is 0 Å². The number of hydrogen-bond acceptors (Lipinski definition) is 6. The maximum atomic E-state index is 11.7. The molecule has 1 aromatic carbocycles. The molecule has 2 amide bonds. The smallest absolute Gasteiger partial charge is 0.312 e. The van der Waals surface area contributed by atoms with Crippen molar-refractivity contribution in [2.45, 2.75) is 45.6 Å². The summed E-state index contributed by atoms with van der Waals surface area (Å²) in [7, 11) is 0. The van der Waals surface area contributed by atoms with Crippen LogP contribution in [0.5, 0.6) is 0 Å². The molecule has 140 valence electrons. The fraction of sp³-hybridized carbons (Fsp3) is 0.444. The van der Waals surface area contributed by atoms with Gasteiger partial charge in [0.25, 0.3) is 5.89 Å². The zero-order valence-electron chi connectivity index (χ0n) is 14.9. The molecule has 0 bridgehead atoms. The van der Waals surface area contributed by atoms with Crippen LogP contribution in [-0.4, -0.2) is 28.7 Å². The van der Waals surface area contributed by atoms with E-state index in [9.17, 15) is 9.59 Å². The van der Waals surface area contributed by atoms with Crippen LogP contribution in [0.1, 0.15) is 44.1 Å². The number of amides is 2. The molecule has 0 aliphatic heterocycles. The van der Waals surface area contributed by atoms with E-state index in [1.807, 2.05) is 24.3 Å². The molecule has 2 aromatic rings. The van der Waals surface area contributed by atoms with E-state index in [4.69, 9.17) is 15.0 Å². The predicted molar refractivity (Wildman–Crippen MR) is 95.0 cm³/mol. The van der Waals surface area contributed by atoms with E-state index in [2.05, 4.69) is 22.4 Å². The maximum absolute atomic E-state index is 11.7. The van der Waals surface area contributed by atoms with Gasteiger partial charge in [0.05, 0.1) is 0 Å². The quantitative estimate of drug-likeness (QED) is 0.496. The summed E-state index contributed by atoms with van der Waals surface area (Å²) in [6.45, 7) is 2.56. The lowest BCUT2D eigenvalue weighted by molar-refractivity contribution is -0.145. The third-order valence-electron chi connectivity index (χ3n) is 3.80. The predicted octanol–water partition coefficient (Wildman–Crippen LogP) is 2.57. The number of aromatic nitrogens is 2. The third kappa shape index (κ3) is 6.54. The molecule has 2 rings (SSSR count). The van der Waals surface area contributed by atoms with Gasteiger partial charge >= 0.3 is 12.0 Å². The van der Waals surface area contributed by atoms with E-state index in [1.165, 1.54) is 5.56 Å². The van der Waals surface area contributed by atoms with Crippen molar-refractivity contribution < 1.29 is 18.8 Å². The average molecular weight is 360 g/mol. The molecule has 0 spiro atoms. The first kappa shape index (κ1) is 19.4. The Bertz CT molecular complexity index is 712. The van der Waals surface area contributed by atoms with Crippen LogP contribution in [0.25, 0.3) is 11.4 Å². The van der Waals surface area contributed by atoms with Crippen LogP contribution >= 0.6 is 0 Å². The Morgan fingerprint density at radius 1 is 1.19 bits per heavy atom. The van der Waals surface area contributed by atoms with Gasteiger partial charge in [-0.2, -0.15) is 4.98 Å². The molecule has 0 unspecified atom stereocenters. The monoisotopic (exact) mass is 360 g/mol. The minimum atomic E-state index is -0.537. The van der Waals surface area contributed by atoms with Gasteiger partial charge in [0, 0.05) is 18.5 Å². The van der Waals surface area contributed by atoms with Crippen molar-refractivity contribution in [1.29, 1.82) is 0 Å². The number of nitrogens with one attached hydrogen (secondary N) is 1. The van der Waals surface area contributed by atoms with Gasteiger partial charge in [-0.25, -0.2) is 4.79 Å². The molecule has 1 heterocycles. The topological polar surface area (TPSA) is 120 Å². The largest absolute Gasteiger partial charge is 0.456 e. The number of hydrogen-bond donors (Lipinski definition) is 2. The maximum Gasteiger partial charge on any atom is 0.312 e. The second-order valence-corrected chi connectivity index (χ2v) is 5.82. The molecule has 8 heteroatoms. The summed E-state index contributed by atoms with van der Waals surface area (Å²) in [6, 6.07) is 7.37. The highest BCUT2D eigenvalue weighted by Gasteiger charge is 2.11. The van der Waals surface area contributed by atoms with Crippen LogP contribution in [-0.2, 0) is 22.6 Å². The lowest BCUT2D eigenvalue weighted by Gasteiger charge is -2.03. The molecule has 0 saturated carbocycles. The van der Waals surface area contributed by atoms with Gasteiger partial charge in [-0.15, -0.1) is 0 Å². The zero-order valence-corrected chi connectivity index (χ0v) is 14.9. The number of carbonyl (C=O) groups excluding carboxylic acids is 2. The van der Waals surface area contributed by atoms with Gasteiger partial charge in [-0.1, -0.05) is 42.8 Å². The molecule has 8 nitrogen and oxygen atoms in total. The summed E-state index contributed by atoms with van der Waals surface area (Å²) < 4.78 is 10.2. The van der Waals surface area contributed by atoms with Crippen LogP contribution in [0.2, 0.25) is 0 Å². The van der Waals surface area contributed by atoms with E-state index in [-0.39, 0.29) is 18.5 Å². The molecule has 0 aliphatic carbocycles. The number of nitrogens with zero attached hydrogens (tertiary/aromatic N) is 2. The van der Waals surface area contributed by atoms with Crippen LogP contribution in [0.3, 0.4) is 0 Å². The second-order valence-electron chi connectivity index (χ2n) is 5.82. The van der Waals surface area contributed by atoms with Gasteiger partial charge in [0.15, 0.2) is 6.61 Å². The van der Waals surface area contributed by atoms with Gasteiger partial charge in [0.2, 0.25) is 5.82 Å². The number of urea groups is 1. The van der Waals surface area contributed by atoms with Gasteiger partial charge < -0.3 is 20.3 Å². The number of ether oxygens (including phenoxy) is 1. The normalized spacial score (nSPS) is 10.5. The number of primary amides is 1. The Kier molecular flexibility index (Phi) is 7.60. The highest BCUT2D eigenvalue weighted by atomic mass is 16.6. The number of carbonyl (C=O) groups is 2. The summed E-state index contributed by atoms with van der Waals surface area (Å²) in [5, 5.41) is 6.41. The van der Waals surface area contributed by atoms with Crippen molar-refractivity contribution in [3.05, 3.63) is 35.7 Å². The second kappa shape index (κ2) is 10.2. The molecular weight excluding hydrogens is 336 g/mol. The highest BCUT2D eigenvalue weighted by Crippen LogP contribution is 2.17. The van der Waals surface area contributed by atoms with Crippen molar-refractivity contribution >= 4 is 12.0 Å². The van der Waals surface area contributed by atoms with Crippen molar-refractivity contribution in [1.82, 2.24) is 15.5 Å². The number of unbranched alkanes of at least 4 members (excludes halogenated alkanes) is 2. The fourth-order valence-electron chi connectivity index (χ4n) is 2.32. The Labute approximate surface area is 152 Å². The Morgan fingerprint density at radius 3 is 2.65 bits per heavy atom. The van der Waals surface area contributed by atoms with Crippen LogP contribution in [0.15, 0.2) is 28.8 Å². The summed E-state index contributed by atoms with van der Waals surface area (Å²) >= 11 is 0. The fourth-order valence-corrected chi connectivity index (χ4v) is 2.32. The summed E-state index contributed by atoms with van der Waals surface area (Å²) in [5.41, 5.74) is 7.05. The standard InChI is InChI=1S/C18H24N4O4/c1-2-13-7-9-14(10-8-13)17-21-15(26-22-17)12-25-16(23)6-4-3-5-11-20-18(19)24/h7-10H,2-6,11-12H2,1H3,(H3,19,20,24). The third-order valence-corrected chi connectivity index (χ3v) is 3.80. The van der Waals surface area contributed by atoms with E-state index >= 15 is 0 Å². The van der Waals surface area contributed by atoms with Crippen molar-refractivity contribution in [2.75, 3.05) is 6.54 Å². The first-order valence-electron chi connectivity index (χ1n) is 8.69.